The van der Waals surface area contributed by atoms with Crippen LogP contribution < -0.4 is 21.5 Å². The van der Waals surface area contributed by atoms with Crippen LogP contribution in [0.15, 0.2) is 35.1 Å². The van der Waals surface area contributed by atoms with Gasteiger partial charge in [0.25, 0.3) is 0 Å². The number of likely N-dealkylation sites (tertiary alicyclic amines) is 1. The largest absolute Gasteiger partial charge is 0.490 e. The molecule has 2 aliphatic rings. The molecule has 2 heterocycles. The van der Waals surface area contributed by atoms with Crippen molar-refractivity contribution in [2.24, 2.45) is 16.5 Å². The van der Waals surface area contributed by atoms with Gasteiger partial charge in [-0.2, -0.15) is 0 Å². The molecular formula is C17H23Cl2N5O. The fourth-order valence-corrected chi connectivity index (χ4v) is 3.33. The predicted octanol–water partition coefficient (Wildman–Crippen LogP) is 2.31. The number of nitrogens with one attached hydrogen (secondary N) is 1. The van der Waals surface area contributed by atoms with Crippen LogP contribution in [0.1, 0.15) is 19.3 Å². The number of aliphatic imine (C=N–C) groups is 1. The Bertz CT molecular complexity index is 673. The van der Waals surface area contributed by atoms with Crippen LogP contribution in [0.3, 0.4) is 0 Å². The first-order valence-corrected chi connectivity index (χ1v) is 9.11. The van der Waals surface area contributed by atoms with E-state index in [4.69, 9.17) is 39.4 Å². The van der Waals surface area contributed by atoms with E-state index in [0.717, 1.165) is 44.6 Å². The predicted molar refractivity (Wildman–Crippen MR) is 102 cm³/mol. The minimum absolute atomic E-state index is 0.188. The number of nitrogens with two attached hydrogens (primary N) is 2. The highest BCUT2D eigenvalue weighted by Crippen LogP contribution is 2.28. The molecule has 0 radical (unpaired) electrons. The molecule has 2 aliphatic heterocycles. The lowest BCUT2D eigenvalue weighted by atomic mass is 10.0. The topological polar surface area (TPSA) is 88.9 Å². The molecule has 1 fully saturated rings. The molecule has 0 amide bonds. The van der Waals surface area contributed by atoms with Gasteiger partial charge in [-0.05, 0) is 31.1 Å². The second kappa shape index (κ2) is 7.83. The average Bonchev–Trinajstić information content (AvgIpc) is 2.57. The molecule has 1 aromatic rings. The third-order valence-electron chi connectivity index (χ3n) is 4.50. The minimum Gasteiger partial charge on any atom is -0.490 e. The van der Waals surface area contributed by atoms with Gasteiger partial charge in [0.1, 0.15) is 23.3 Å². The SMILES string of the molecule is NC1=CC(N)(CCN2CCC(Oc3ccc(Cl)c(Cl)c3)CC2)N=CN1. The molecule has 1 atom stereocenters. The van der Waals surface area contributed by atoms with Gasteiger partial charge in [-0.25, -0.2) is 4.99 Å². The highest BCUT2D eigenvalue weighted by atomic mass is 35.5. The summed E-state index contributed by atoms with van der Waals surface area (Å²) in [6.07, 6.45) is 6.17. The lowest BCUT2D eigenvalue weighted by molar-refractivity contribution is 0.0974. The van der Waals surface area contributed by atoms with Gasteiger partial charge >= 0.3 is 0 Å². The number of nitrogens with zero attached hydrogens (tertiary/aromatic N) is 2. The molecule has 1 unspecified atom stereocenters. The molecule has 0 saturated carbocycles. The van der Waals surface area contributed by atoms with Gasteiger partial charge in [0, 0.05) is 32.1 Å². The zero-order valence-electron chi connectivity index (χ0n) is 13.9. The van der Waals surface area contributed by atoms with Crippen LogP contribution in [-0.2, 0) is 0 Å². The van der Waals surface area contributed by atoms with E-state index in [2.05, 4.69) is 15.2 Å². The van der Waals surface area contributed by atoms with E-state index in [1.165, 1.54) is 0 Å². The van der Waals surface area contributed by atoms with Gasteiger partial charge in [0.2, 0.25) is 0 Å². The van der Waals surface area contributed by atoms with Crippen LogP contribution >= 0.6 is 23.2 Å². The van der Waals surface area contributed by atoms with E-state index in [1.54, 1.807) is 24.5 Å². The number of rotatable bonds is 5. The Balaban J connectivity index is 1.45. The van der Waals surface area contributed by atoms with E-state index in [-0.39, 0.29) is 6.10 Å². The van der Waals surface area contributed by atoms with Crippen molar-refractivity contribution in [1.29, 1.82) is 0 Å². The van der Waals surface area contributed by atoms with Gasteiger partial charge in [-0.3, -0.25) is 0 Å². The highest BCUT2D eigenvalue weighted by molar-refractivity contribution is 6.42. The zero-order chi connectivity index (χ0) is 17.9. The van der Waals surface area contributed by atoms with Crippen molar-refractivity contribution in [3.8, 4) is 5.75 Å². The van der Waals surface area contributed by atoms with Crippen LogP contribution in [0.2, 0.25) is 10.0 Å². The Labute approximate surface area is 157 Å². The molecule has 1 saturated heterocycles. The number of hydrogen-bond acceptors (Lipinski definition) is 6. The van der Waals surface area contributed by atoms with Crippen molar-refractivity contribution < 1.29 is 4.74 Å². The van der Waals surface area contributed by atoms with Crippen LogP contribution in [0, 0.1) is 0 Å². The molecule has 8 heteroatoms. The summed E-state index contributed by atoms with van der Waals surface area (Å²) in [5, 5.41) is 3.88. The second-order valence-electron chi connectivity index (χ2n) is 6.48. The summed E-state index contributed by atoms with van der Waals surface area (Å²) in [5.41, 5.74) is 11.3. The second-order valence-corrected chi connectivity index (χ2v) is 7.29. The van der Waals surface area contributed by atoms with Crippen molar-refractivity contribution in [2.75, 3.05) is 19.6 Å². The molecule has 136 valence electrons. The van der Waals surface area contributed by atoms with Crippen molar-refractivity contribution in [1.82, 2.24) is 10.2 Å². The lowest BCUT2D eigenvalue weighted by Crippen LogP contribution is -2.46. The molecule has 0 bridgehead atoms. The summed E-state index contributed by atoms with van der Waals surface area (Å²) in [7, 11) is 0. The fourth-order valence-electron chi connectivity index (χ4n) is 3.04. The standard InChI is InChI=1S/C17H23Cl2N5O/c18-14-2-1-13(9-15(14)19)25-12-3-6-24(7-4-12)8-5-17(21)10-16(20)22-11-23-17/h1-2,9-12H,3-8,20-21H2,(H,22,23). The Morgan fingerprint density at radius 1 is 1.28 bits per heavy atom. The van der Waals surface area contributed by atoms with Crippen molar-refractivity contribution in [2.45, 2.75) is 31.0 Å². The maximum Gasteiger partial charge on any atom is 0.133 e. The van der Waals surface area contributed by atoms with Crippen molar-refractivity contribution >= 4 is 29.5 Å². The highest BCUT2D eigenvalue weighted by Gasteiger charge is 2.26. The van der Waals surface area contributed by atoms with E-state index in [9.17, 15) is 0 Å². The van der Waals surface area contributed by atoms with Gasteiger partial charge in [0.15, 0.2) is 0 Å². The number of piperidine rings is 1. The smallest absolute Gasteiger partial charge is 0.133 e. The van der Waals surface area contributed by atoms with Crippen molar-refractivity contribution in [3.63, 3.8) is 0 Å². The first-order chi connectivity index (χ1) is 11.9. The third kappa shape index (κ3) is 5.01. The molecule has 3 rings (SSSR count). The number of ether oxygens (including phenoxy) is 1. The Morgan fingerprint density at radius 2 is 2.04 bits per heavy atom. The maximum atomic E-state index is 6.25. The zero-order valence-corrected chi connectivity index (χ0v) is 15.4. The van der Waals surface area contributed by atoms with Gasteiger partial charge in [-0.15, -0.1) is 0 Å². The molecule has 0 aliphatic carbocycles. The summed E-state index contributed by atoms with van der Waals surface area (Å²) >= 11 is 12.0. The van der Waals surface area contributed by atoms with Crippen LogP contribution in [0.4, 0.5) is 0 Å². The average molecular weight is 384 g/mol. The van der Waals surface area contributed by atoms with Crippen molar-refractivity contribution in [3.05, 3.63) is 40.1 Å². The third-order valence-corrected chi connectivity index (χ3v) is 5.24. The number of benzene rings is 1. The molecule has 1 aromatic carbocycles. The maximum absolute atomic E-state index is 6.25. The molecule has 5 N–H and O–H groups in total. The van der Waals surface area contributed by atoms with E-state index in [1.807, 2.05) is 6.07 Å². The summed E-state index contributed by atoms with van der Waals surface area (Å²) in [4.78, 5) is 6.67. The monoisotopic (exact) mass is 383 g/mol. The molecule has 0 aromatic heterocycles. The lowest BCUT2D eigenvalue weighted by Gasteiger charge is -2.34. The molecule has 6 nitrogen and oxygen atoms in total. The van der Waals surface area contributed by atoms with E-state index in [0.29, 0.717) is 15.9 Å². The van der Waals surface area contributed by atoms with Crippen LogP contribution in [0.25, 0.3) is 0 Å². The Kier molecular flexibility index (Phi) is 5.74. The van der Waals surface area contributed by atoms with E-state index >= 15 is 0 Å². The quantitative estimate of drug-likeness (QED) is 0.725. The minimum atomic E-state index is -0.720. The van der Waals surface area contributed by atoms with Crippen LogP contribution in [0.5, 0.6) is 5.75 Å². The Hall–Kier alpha value is -1.47. The first-order valence-electron chi connectivity index (χ1n) is 8.35. The number of hydrogen-bond donors (Lipinski definition) is 3. The summed E-state index contributed by atoms with van der Waals surface area (Å²) in [6.45, 7) is 2.80. The van der Waals surface area contributed by atoms with Gasteiger partial charge in [-0.1, -0.05) is 23.2 Å². The summed E-state index contributed by atoms with van der Waals surface area (Å²) < 4.78 is 6.02. The molecule has 25 heavy (non-hydrogen) atoms. The fraction of sp³-hybridized carbons (Fsp3) is 0.471. The normalized spacial score (nSPS) is 24.7. The van der Waals surface area contributed by atoms with Crippen LogP contribution in [-0.4, -0.2) is 42.6 Å². The first kappa shape index (κ1) is 18.3. The van der Waals surface area contributed by atoms with Gasteiger partial charge in [0.05, 0.1) is 16.4 Å². The number of halogens is 2. The van der Waals surface area contributed by atoms with E-state index < -0.39 is 5.66 Å². The summed E-state index contributed by atoms with van der Waals surface area (Å²) in [6, 6.07) is 5.37. The molecular weight excluding hydrogens is 361 g/mol. The summed E-state index contributed by atoms with van der Waals surface area (Å²) in [5.74, 6) is 1.31. The van der Waals surface area contributed by atoms with Gasteiger partial charge < -0.3 is 26.4 Å². The Morgan fingerprint density at radius 3 is 2.72 bits per heavy atom. The molecule has 0 spiro atoms.